The number of benzene rings is 4. The molecule has 0 amide bonds. The highest BCUT2D eigenvalue weighted by molar-refractivity contribution is 5.88. The van der Waals surface area contributed by atoms with Gasteiger partial charge < -0.3 is 14.6 Å². The number of carboxylic acid groups (broad SMARTS) is 1. The molecule has 46 heavy (non-hydrogen) atoms. The number of hydrogen-bond acceptors (Lipinski definition) is 8. The van der Waals surface area contributed by atoms with E-state index in [1.54, 1.807) is 42.5 Å². The van der Waals surface area contributed by atoms with Gasteiger partial charge in [0.1, 0.15) is 12.4 Å². The second-order valence-electron chi connectivity index (χ2n) is 10.9. The Bertz CT molecular complexity index is 2030. The van der Waals surface area contributed by atoms with Crippen molar-refractivity contribution in [2.75, 3.05) is 6.61 Å². The van der Waals surface area contributed by atoms with Crippen molar-refractivity contribution in [1.82, 2.24) is 9.66 Å². The second-order valence-corrected chi connectivity index (χ2v) is 10.9. The van der Waals surface area contributed by atoms with Gasteiger partial charge in [-0.25, -0.2) is 9.78 Å². The van der Waals surface area contributed by atoms with Gasteiger partial charge in [-0.15, -0.1) is 0 Å². The van der Waals surface area contributed by atoms with Gasteiger partial charge >= 0.3 is 11.7 Å². The first kappa shape index (κ1) is 31.6. The number of aromatic carboxylic acids is 1. The molecule has 0 saturated carbocycles. The van der Waals surface area contributed by atoms with Gasteiger partial charge in [-0.3, -0.25) is 14.9 Å². The van der Waals surface area contributed by atoms with Gasteiger partial charge in [0.2, 0.25) is 5.75 Å². The fourth-order valence-corrected chi connectivity index (χ4v) is 5.04. The van der Waals surface area contributed by atoms with Gasteiger partial charge in [0.25, 0.3) is 5.56 Å². The van der Waals surface area contributed by atoms with Crippen LogP contribution in [0.1, 0.15) is 59.3 Å². The largest absolute Gasteiger partial charge is 0.494 e. The lowest BCUT2D eigenvalue weighted by Gasteiger charge is -2.18. The number of nitro groups is 1. The van der Waals surface area contributed by atoms with Gasteiger partial charge in [-0.1, -0.05) is 44.2 Å². The molecule has 0 aliphatic heterocycles. The summed E-state index contributed by atoms with van der Waals surface area (Å²) in [7, 11) is 0. The second kappa shape index (κ2) is 13.4. The highest BCUT2D eigenvalue weighted by Crippen LogP contribution is 2.35. The topological polar surface area (TPSA) is 146 Å². The molecule has 0 saturated heterocycles. The molecule has 0 fully saturated rings. The minimum Gasteiger partial charge on any atom is -0.494 e. The molecule has 0 atom stereocenters. The lowest BCUT2D eigenvalue weighted by molar-refractivity contribution is -0.385. The highest BCUT2D eigenvalue weighted by atomic mass is 16.6. The number of nitro benzene ring substituents is 1. The van der Waals surface area contributed by atoms with Crippen molar-refractivity contribution in [3.63, 3.8) is 0 Å². The summed E-state index contributed by atoms with van der Waals surface area (Å²) >= 11 is 0. The van der Waals surface area contributed by atoms with Crippen LogP contribution >= 0.6 is 0 Å². The molecule has 0 aliphatic carbocycles. The molecule has 0 bridgehead atoms. The molecule has 4 aromatic carbocycles. The van der Waals surface area contributed by atoms with Crippen molar-refractivity contribution in [1.29, 1.82) is 0 Å². The molecule has 5 rings (SSSR count). The summed E-state index contributed by atoms with van der Waals surface area (Å²) in [5.74, 6) is 0.0567. The van der Waals surface area contributed by atoms with Crippen molar-refractivity contribution in [3.05, 3.63) is 127 Å². The third-order valence-electron chi connectivity index (χ3n) is 7.39. The molecule has 0 aliphatic rings. The Morgan fingerprint density at radius 3 is 2.48 bits per heavy atom. The predicted molar refractivity (Wildman–Crippen MR) is 175 cm³/mol. The maximum absolute atomic E-state index is 13.9. The first-order valence-electron chi connectivity index (χ1n) is 14.6. The summed E-state index contributed by atoms with van der Waals surface area (Å²) in [6, 6.07) is 21.3. The van der Waals surface area contributed by atoms with Crippen molar-refractivity contribution >= 4 is 28.8 Å². The van der Waals surface area contributed by atoms with Gasteiger partial charge in [0, 0.05) is 17.2 Å². The minimum absolute atomic E-state index is 0.0544. The Labute approximate surface area is 264 Å². The smallest absolute Gasteiger partial charge is 0.335 e. The molecule has 1 aromatic heterocycles. The zero-order valence-corrected chi connectivity index (χ0v) is 25.8. The lowest BCUT2D eigenvalue weighted by atomic mass is 9.96. The maximum atomic E-state index is 13.9. The Morgan fingerprint density at radius 1 is 1.07 bits per heavy atom. The van der Waals surface area contributed by atoms with Gasteiger partial charge in [0.05, 0.1) is 34.2 Å². The van der Waals surface area contributed by atoms with Crippen LogP contribution in [0.4, 0.5) is 5.69 Å². The minimum atomic E-state index is -1.07. The monoisotopic (exact) mass is 620 g/mol. The first-order valence-corrected chi connectivity index (χ1v) is 14.6. The summed E-state index contributed by atoms with van der Waals surface area (Å²) in [4.78, 5) is 41.3. The molecule has 0 radical (unpaired) electrons. The zero-order valence-electron chi connectivity index (χ0n) is 25.8. The summed E-state index contributed by atoms with van der Waals surface area (Å²) in [5, 5.41) is 26.0. The number of aromatic nitrogens is 2. The van der Waals surface area contributed by atoms with Crippen LogP contribution in [0.5, 0.6) is 11.5 Å². The van der Waals surface area contributed by atoms with Crippen LogP contribution in [0.25, 0.3) is 22.3 Å². The molecular formula is C35H32N4O7. The summed E-state index contributed by atoms with van der Waals surface area (Å²) in [5.41, 5.74) is 3.23. The summed E-state index contributed by atoms with van der Waals surface area (Å²) in [6.07, 6.45) is 1.34. The van der Waals surface area contributed by atoms with E-state index in [0.717, 1.165) is 16.9 Å². The number of para-hydroxylation sites is 2. The Kier molecular flexibility index (Phi) is 9.22. The number of aryl methyl sites for hydroxylation is 1. The van der Waals surface area contributed by atoms with E-state index in [2.05, 4.69) is 18.9 Å². The standard InChI is InChI=1S/C35H32N4O7/c1-5-45-31-17-22(4)28(18-27(31)21(2)3)33-37-29-11-7-6-10-26(29)34(40)38(33)36-19-25-9-8-12-30(39(43)44)32(25)46-20-23-13-15-24(16-14-23)35(41)42/h6-19,21H,5,20H2,1-4H3,(H,41,42). The van der Waals surface area contributed by atoms with Crippen LogP contribution in [0.3, 0.4) is 0 Å². The van der Waals surface area contributed by atoms with Crippen molar-refractivity contribution in [2.24, 2.45) is 5.10 Å². The van der Waals surface area contributed by atoms with Crippen molar-refractivity contribution in [2.45, 2.75) is 40.2 Å². The third-order valence-corrected chi connectivity index (χ3v) is 7.39. The lowest BCUT2D eigenvalue weighted by Crippen LogP contribution is -2.21. The summed E-state index contributed by atoms with van der Waals surface area (Å²) < 4.78 is 13.0. The van der Waals surface area contributed by atoms with E-state index in [4.69, 9.17) is 14.5 Å². The summed E-state index contributed by atoms with van der Waals surface area (Å²) in [6.45, 7) is 8.37. The SMILES string of the molecule is CCOc1cc(C)c(-c2nc3ccccc3c(=O)n2N=Cc2cccc([N+](=O)[O-])c2OCc2ccc(C(=O)O)cc2)cc1C(C)C. The fourth-order valence-electron chi connectivity index (χ4n) is 5.04. The van der Waals surface area contributed by atoms with Crippen molar-refractivity contribution in [3.8, 4) is 22.9 Å². The maximum Gasteiger partial charge on any atom is 0.335 e. The highest BCUT2D eigenvalue weighted by Gasteiger charge is 2.21. The number of carbonyl (C=O) groups is 1. The van der Waals surface area contributed by atoms with Crippen molar-refractivity contribution < 1.29 is 24.3 Å². The molecule has 0 spiro atoms. The van der Waals surface area contributed by atoms with E-state index in [1.807, 2.05) is 26.0 Å². The van der Waals surface area contributed by atoms with Crippen LogP contribution in [0, 0.1) is 17.0 Å². The number of rotatable bonds is 11. The number of nitrogens with zero attached hydrogens (tertiary/aromatic N) is 4. The van der Waals surface area contributed by atoms with Crippen LogP contribution in [-0.4, -0.2) is 38.5 Å². The molecule has 11 heteroatoms. The van der Waals surface area contributed by atoms with Crippen LogP contribution < -0.4 is 15.0 Å². The number of carboxylic acids is 1. The Hall–Kier alpha value is -5.84. The van der Waals surface area contributed by atoms with Gasteiger partial charge in [-0.2, -0.15) is 9.78 Å². The van der Waals surface area contributed by atoms with Gasteiger partial charge in [-0.05, 0) is 78.9 Å². The van der Waals surface area contributed by atoms with E-state index in [1.165, 1.54) is 35.2 Å². The van der Waals surface area contributed by atoms with Crippen LogP contribution in [-0.2, 0) is 6.61 Å². The van der Waals surface area contributed by atoms with E-state index in [-0.39, 0.29) is 35.1 Å². The molecule has 0 unspecified atom stereocenters. The average Bonchev–Trinajstić information content (AvgIpc) is 3.03. The fraction of sp³-hybridized carbons (Fsp3) is 0.200. The molecule has 5 aromatic rings. The molecule has 1 heterocycles. The first-order chi connectivity index (χ1) is 22.1. The van der Waals surface area contributed by atoms with E-state index in [9.17, 15) is 24.8 Å². The quantitative estimate of drug-likeness (QED) is 0.0947. The third kappa shape index (κ3) is 6.48. The number of hydrogen-bond donors (Lipinski definition) is 1. The molecule has 11 nitrogen and oxygen atoms in total. The normalized spacial score (nSPS) is 11.3. The van der Waals surface area contributed by atoms with E-state index in [0.29, 0.717) is 34.5 Å². The van der Waals surface area contributed by atoms with Crippen LogP contribution in [0.15, 0.2) is 88.8 Å². The number of ether oxygens (including phenoxy) is 2. The predicted octanol–water partition coefficient (Wildman–Crippen LogP) is 6.96. The van der Waals surface area contributed by atoms with E-state index >= 15 is 0 Å². The Morgan fingerprint density at radius 2 is 1.80 bits per heavy atom. The molecule has 234 valence electrons. The average molecular weight is 621 g/mol. The zero-order chi connectivity index (χ0) is 33.0. The van der Waals surface area contributed by atoms with Gasteiger partial charge in [0.15, 0.2) is 5.82 Å². The van der Waals surface area contributed by atoms with Crippen LogP contribution in [0.2, 0.25) is 0 Å². The van der Waals surface area contributed by atoms with E-state index < -0.39 is 16.5 Å². The number of fused-ring (bicyclic) bond motifs is 1. The molecule has 1 N–H and O–H groups in total. The molecular weight excluding hydrogens is 588 g/mol. The Balaban J connectivity index is 1.63.